The van der Waals surface area contributed by atoms with E-state index in [4.69, 9.17) is 21.3 Å². The Morgan fingerprint density at radius 2 is 1.91 bits per heavy atom. The second kappa shape index (κ2) is 13.4. The summed E-state index contributed by atoms with van der Waals surface area (Å²) >= 11 is 5.83. The van der Waals surface area contributed by atoms with E-state index in [1.807, 2.05) is 55.1 Å². The predicted molar refractivity (Wildman–Crippen MR) is 163 cm³/mol. The fourth-order valence-corrected chi connectivity index (χ4v) is 5.98. The van der Waals surface area contributed by atoms with Crippen LogP contribution in [0.2, 0.25) is 5.02 Å². The highest BCUT2D eigenvalue weighted by atomic mass is 35.5. The van der Waals surface area contributed by atoms with Gasteiger partial charge in [0.15, 0.2) is 5.69 Å². The number of halogens is 4. The van der Waals surface area contributed by atoms with Gasteiger partial charge in [-0.05, 0) is 68.8 Å². The van der Waals surface area contributed by atoms with Crippen molar-refractivity contribution in [1.82, 2.24) is 20.5 Å². The molecule has 2 fully saturated rings. The van der Waals surface area contributed by atoms with Gasteiger partial charge in [-0.1, -0.05) is 30.7 Å². The fourth-order valence-electron chi connectivity index (χ4n) is 5.81. The molecule has 44 heavy (non-hydrogen) atoms. The van der Waals surface area contributed by atoms with E-state index < -0.39 is 23.2 Å². The van der Waals surface area contributed by atoms with E-state index in [0.29, 0.717) is 43.2 Å². The molecule has 2 amide bonds. The third-order valence-corrected chi connectivity index (χ3v) is 8.25. The van der Waals surface area contributed by atoms with Crippen LogP contribution in [0.4, 0.5) is 18.9 Å². The molecule has 2 aliphatic rings. The molecule has 0 radical (unpaired) electrons. The Labute approximate surface area is 259 Å². The number of pyridine rings is 1. The van der Waals surface area contributed by atoms with Crippen molar-refractivity contribution in [2.45, 2.75) is 44.9 Å². The van der Waals surface area contributed by atoms with Crippen LogP contribution in [0.5, 0.6) is 5.75 Å². The number of nitrogens with zero attached hydrogens (tertiary/aromatic N) is 3. The largest absolute Gasteiger partial charge is 0.493 e. The number of hydrogen-bond donors (Lipinski definition) is 2. The summed E-state index contributed by atoms with van der Waals surface area (Å²) in [6.45, 7) is 6.43. The average molecular weight is 630 g/mol. The van der Waals surface area contributed by atoms with Gasteiger partial charge in [-0.25, -0.2) is 4.98 Å². The van der Waals surface area contributed by atoms with Gasteiger partial charge in [-0.15, -0.1) is 0 Å². The van der Waals surface area contributed by atoms with Crippen LogP contribution in [0, 0.1) is 0 Å². The Morgan fingerprint density at radius 1 is 1.11 bits per heavy atom. The highest BCUT2D eigenvalue weighted by Crippen LogP contribution is 2.36. The number of carbonyl (C=O) groups excluding carboxylic acids is 2. The molecule has 234 valence electrons. The van der Waals surface area contributed by atoms with Crippen LogP contribution in [0.3, 0.4) is 0 Å². The first-order valence-corrected chi connectivity index (χ1v) is 15.2. The molecule has 2 atom stereocenters. The van der Waals surface area contributed by atoms with Gasteiger partial charge in [0.1, 0.15) is 5.75 Å². The van der Waals surface area contributed by atoms with Crippen molar-refractivity contribution in [3.05, 3.63) is 76.4 Å². The Hall–Kier alpha value is -3.83. The smallest absolute Gasteiger partial charge is 0.417 e. The quantitative estimate of drug-likeness (QED) is 0.335. The molecule has 1 aromatic heterocycles. The molecule has 0 spiro atoms. The number of carbonyl (C=O) groups is 2. The second-order valence-corrected chi connectivity index (χ2v) is 11.3. The number of rotatable bonds is 8. The second-order valence-electron chi connectivity index (χ2n) is 10.9. The molecule has 5 rings (SSSR count). The van der Waals surface area contributed by atoms with Gasteiger partial charge in [0.2, 0.25) is 0 Å². The third kappa shape index (κ3) is 6.78. The first-order valence-electron chi connectivity index (χ1n) is 14.8. The van der Waals surface area contributed by atoms with E-state index in [-0.39, 0.29) is 41.8 Å². The van der Waals surface area contributed by atoms with Crippen molar-refractivity contribution < 1.29 is 27.5 Å². The maximum atomic E-state index is 13.8. The number of nitrogens with one attached hydrogen (secondary N) is 2. The molecule has 3 heterocycles. The SMILES string of the molecule is CCOc1ccccc1-c1ccc(N2CCN(C(=O)c3ccc(Cl)cc3C(F)(F)F)C[C@H]2CC)c(C(=O)N[C@@H]2CCNC2)n1. The molecule has 0 bridgehead atoms. The van der Waals surface area contributed by atoms with Crippen LogP contribution in [0.15, 0.2) is 54.6 Å². The zero-order chi connectivity index (χ0) is 31.4. The van der Waals surface area contributed by atoms with Gasteiger partial charge in [0.25, 0.3) is 11.8 Å². The van der Waals surface area contributed by atoms with E-state index in [1.54, 1.807) is 0 Å². The van der Waals surface area contributed by atoms with E-state index in [1.165, 1.54) is 11.0 Å². The average Bonchev–Trinajstić information content (AvgIpc) is 3.53. The number of alkyl halides is 3. The lowest BCUT2D eigenvalue weighted by molar-refractivity contribution is -0.138. The molecule has 0 unspecified atom stereocenters. The maximum absolute atomic E-state index is 13.8. The maximum Gasteiger partial charge on any atom is 0.417 e. The van der Waals surface area contributed by atoms with E-state index in [2.05, 4.69) is 10.6 Å². The summed E-state index contributed by atoms with van der Waals surface area (Å²) in [7, 11) is 0. The van der Waals surface area contributed by atoms with Crippen LogP contribution in [-0.4, -0.2) is 73.1 Å². The number of amides is 2. The third-order valence-electron chi connectivity index (χ3n) is 8.02. The Kier molecular flexibility index (Phi) is 9.65. The number of ether oxygens (including phenoxy) is 1. The Balaban J connectivity index is 1.46. The van der Waals surface area contributed by atoms with Crippen LogP contribution < -0.4 is 20.3 Å². The van der Waals surface area contributed by atoms with Gasteiger partial charge in [-0.2, -0.15) is 13.2 Å². The Bertz CT molecular complexity index is 1510. The fraction of sp³-hybridized carbons (Fsp3) is 0.406. The normalized spacial score (nSPS) is 18.8. The molecule has 12 heteroatoms. The highest BCUT2D eigenvalue weighted by Gasteiger charge is 2.38. The minimum atomic E-state index is -4.73. The number of anilines is 1. The molecule has 2 saturated heterocycles. The molecular formula is C32H35ClF3N5O3. The minimum absolute atomic E-state index is 0.0323. The van der Waals surface area contributed by atoms with Gasteiger partial charge in [-0.3, -0.25) is 9.59 Å². The van der Waals surface area contributed by atoms with Gasteiger partial charge >= 0.3 is 6.18 Å². The molecular weight excluding hydrogens is 595 g/mol. The number of aromatic nitrogens is 1. The molecule has 8 nitrogen and oxygen atoms in total. The first kappa shape index (κ1) is 31.6. The topological polar surface area (TPSA) is 86.8 Å². The minimum Gasteiger partial charge on any atom is -0.493 e. The molecule has 2 aliphatic heterocycles. The lowest BCUT2D eigenvalue weighted by Gasteiger charge is -2.43. The summed E-state index contributed by atoms with van der Waals surface area (Å²) in [4.78, 5) is 35.5. The van der Waals surface area contributed by atoms with E-state index in [9.17, 15) is 22.8 Å². The zero-order valence-corrected chi connectivity index (χ0v) is 25.3. The van der Waals surface area contributed by atoms with E-state index >= 15 is 0 Å². The van der Waals surface area contributed by atoms with Crippen molar-refractivity contribution >= 4 is 29.1 Å². The number of hydrogen-bond acceptors (Lipinski definition) is 6. The van der Waals surface area contributed by atoms with Crippen LogP contribution >= 0.6 is 11.6 Å². The lowest BCUT2D eigenvalue weighted by Crippen LogP contribution is -2.55. The summed E-state index contributed by atoms with van der Waals surface area (Å²) in [5.41, 5.74) is 0.691. The highest BCUT2D eigenvalue weighted by molar-refractivity contribution is 6.30. The zero-order valence-electron chi connectivity index (χ0n) is 24.6. The first-order chi connectivity index (χ1) is 21.1. The van der Waals surface area contributed by atoms with Crippen molar-refractivity contribution in [3.63, 3.8) is 0 Å². The molecule has 0 saturated carbocycles. The summed E-state index contributed by atoms with van der Waals surface area (Å²) in [6, 6.07) is 14.1. The van der Waals surface area contributed by atoms with Crippen LogP contribution in [-0.2, 0) is 6.18 Å². The Morgan fingerprint density at radius 3 is 2.61 bits per heavy atom. The van der Waals surface area contributed by atoms with Crippen molar-refractivity contribution in [2.24, 2.45) is 0 Å². The predicted octanol–water partition coefficient (Wildman–Crippen LogP) is 5.65. The van der Waals surface area contributed by atoms with Gasteiger partial charge < -0.3 is 25.2 Å². The monoisotopic (exact) mass is 629 g/mol. The van der Waals surface area contributed by atoms with Crippen molar-refractivity contribution in [1.29, 1.82) is 0 Å². The molecule has 3 aromatic rings. The van der Waals surface area contributed by atoms with E-state index in [0.717, 1.165) is 30.7 Å². The summed E-state index contributed by atoms with van der Waals surface area (Å²) in [5.74, 6) is -0.367. The van der Waals surface area contributed by atoms with Gasteiger partial charge in [0.05, 0.1) is 29.1 Å². The molecule has 2 N–H and O–H groups in total. The summed E-state index contributed by atoms with van der Waals surface area (Å²) in [6.07, 6.45) is -3.34. The number of piperazine rings is 1. The van der Waals surface area contributed by atoms with Gasteiger partial charge in [0, 0.05) is 48.8 Å². The van der Waals surface area contributed by atoms with Crippen LogP contribution in [0.25, 0.3) is 11.3 Å². The summed E-state index contributed by atoms with van der Waals surface area (Å²) < 4.78 is 47.1. The van der Waals surface area contributed by atoms with Crippen molar-refractivity contribution in [2.75, 3.05) is 44.2 Å². The molecule has 0 aliphatic carbocycles. The number of benzene rings is 2. The lowest BCUT2D eigenvalue weighted by atomic mass is 10.0. The standard InChI is InChI=1S/C32H35ClF3N5O3/c1-3-22-19-40(31(43)23-10-9-20(33)17-25(23)32(34,35)36)15-16-41(22)27-12-11-26(24-7-5-6-8-28(24)44-4-2)39-29(27)30(42)38-21-13-14-37-18-21/h5-12,17,21-22,37H,3-4,13-16,18-19H2,1-2H3,(H,38,42)/t21-,22-/m1/s1. The molecule has 2 aromatic carbocycles. The summed E-state index contributed by atoms with van der Waals surface area (Å²) in [5, 5.41) is 6.25. The van der Waals surface area contributed by atoms with Crippen molar-refractivity contribution in [3.8, 4) is 17.0 Å². The number of para-hydroxylation sites is 1. The van der Waals surface area contributed by atoms with Crippen LogP contribution in [0.1, 0.15) is 53.1 Å².